The van der Waals surface area contributed by atoms with Gasteiger partial charge in [-0.2, -0.15) is 0 Å². The second-order valence-electron chi connectivity index (χ2n) is 4.57. The molecule has 1 aliphatic rings. The molecule has 3 heteroatoms. The highest BCUT2D eigenvalue weighted by Gasteiger charge is 2.11. The zero-order valence-corrected chi connectivity index (χ0v) is 11.5. The third-order valence-corrected chi connectivity index (χ3v) is 4.57. The number of anilines is 1. The van der Waals surface area contributed by atoms with Gasteiger partial charge in [0.2, 0.25) is 0 Å². The first kappa shape index (κ1) is 11.9. The molecule has 0 spiro atoms. The summed E-state index contributed by atoms with van der Waals surface area (Å²) in [5.74, 6) is 0. The molecule has 0 aromatic heterocycles. The van der Waals surface area contributed by atoms with Crippen molar-refractivity contribution in [3.05, 3.63) is 52.5 Å². The average molecular weight is 276 g/mol. The lowest BCUT2D eigenvalue weighted by Crippen LogP contribution is -1.88. The molecule has 2 N–H and O–H groups in total. The van der Waals surface area contributed by atoms with Crippen molar-refractivity contribution in [3.8, 4) is 0 Å². The van der Waals surface area contributed by atoms with Gasteiger partial charge in [0.25, 0.3) is 0 Å². The first-order valence-electron chi connectivity index (χ1n) is 6.07. The lowest BCUT2D eigenvalue weighted by molar-refractivity contribution is 0.911. The van der Waals surface area contributed by atoms with Crippen molar-refractivity contribution in [1.29, 1.82) is 0 Å². The van der Waals surface area contributed by atoms with E-state index in [4.69, 9.17) is 17.3 Å². The molecular weight excluding hydrogens is 262 g/mol. The van der Waals surface area contributed by atoms with E-state index in [0.717, 1.165) is 15.6 Å². The fraction of sp³-hybridized carbons (Fsp3) is 0.200. The van der Waals surface area contributed by atoms with Crippen molar-refractivity contribution in [2.45, 2.75) is 29.1 Å². The average Bonchev–Trinajstić information content (AvgIpc) is 2.81. The number of hydrogen-bond donors (Lipinski definition) is 1. The maximum absolute atomic E-state index is 6.01. The number of rotatable bonds is 2. The molecular formula is C15H14ClNS. The standard InChI is InChI=1S/C15H14ClNS/c16-12-5-7-14(17)15(9-12)18-13-6-4-10-2-1-3-11(10)8-13/h4-9H,1-3,17H2. The van der Waals surface area contributed by atoms with E-state index in [-0.39, 0.29) is 0 Å². The van der Waals surface area contributed by atoms with Crippen LogP contribution in [0, 0.1) is 0 Å². The van der Waals surface area contributed by atoms with Crippen molar-refractivity contribution in [2.75, 3.05) is 5.73 Å². The van der Waals surface area contributed by atoms with Gasteiger partial charge in [-0.15, -0.1) is 0 Å². The zero-order chi connectivity index (χ0) is 12.5. The summed E-state index contributed by atoms with van der Waals surface area (Å²) in [5.41, 5.74) is 9.74. The smallest absolute Gasteiger partial charge is 0.0456 e. The molecule has 18 heavy (non-hydrogen) atoms. The SMILES string of the molecule is Nc1ccc(Cl)cc1Sc1ccc2c(c1)CCC2. The monoisotopic (exact) mass is 275 g/mol. The van der Waals surface area contributed by atoms with Gasteiger partial charge in [0, 0.05) is 20.5 Å². The van der Waals surface area contributed by atoms with Crippen LogP contribution in [-0.4, -0.2) is 0 Å². The minimum atomic E-state index is 0.730. The van der Waals surface area contributed by atoms with Crippen molar-refractivity contribution in [1.82, 2.24) is 0 Å². The number of fused-ring (bicyclic) bond motifs is 1. The largest absolute Gasteiger partial charge is 0.398 e. The van der Waals surface area contributed by atoms with Gasteiger partial charge in [-0.1, -0.05) is 29.4 Å². The van der Waals surface area contributed by atoms with Gasteiger partial charge in [0.15, 0.2) is 0 Å². The fourth-order valence-corrected chi connectivity index (χ4v) is 3.54. The molecule has 2 aromatic carbocycles. The van der Waals surface area contributed by atoms with E-state index in [1.807, 2.05) is 18.2 Å². The normalized spacial score (nSPS) is 13.6. The molecule has 0 aliphatic heterocycles. The Kier molecular flexibility index (Phi) is 3.23. The van der Waals surface area contributed by atoms with E-state index in [9.17, 15) is 0 Å². The second-order valence-corrected chi connectivity index (χ2v) is 6.12. The van der Waals surface area contributed by atoms with Gasteiger partial charge < -0.3 is 5.73 Å². The van der Waals surface area contributed by atoms with E-state index < -0.39 is 0 Å². The molecule has 1 aliphatic carbocycles. The Hall–Kier alpha value is -1.12. The van der Waals surface area contributed by atoms with E-state index in [2.05, 4.69) is 18.2 Å². The molecule has 92 valence electrons. The van der Waals surface area contributed by atoms with Gasteiger partial charge in [-0.25, -0.2) is 0 Å². The minimum absolute atomic E-state index is 0.730. The molecule has 0 saturated heterocycles. The topological polar surface area (TPSA) is 26.0 Å². The van der Waals surface area contributed by atoms with E-state index in [1.165, 1.54) is 35.3 Å². The second kappa shape index (κ2) is 4.87. The number of halogens is 1. The minimum Gasteiger partial charge on any atom is -0.398 e. The molecule has 0 saturated carbocycles. The Morgan fingerprint density at radius 3 is 2.72 bits per heavy atom. The molecule has 0 heterocycles. The van der Waals surface area contributed by atoms with Crippen LogP contribution in [0.1, 0.15) is 17.5 Å². The molecule has 3 rings (SSSR count). The number of benzene rings is 2. The highest BCUT2D eigenvalue weighted by molar-refractivity contribution is 7.99. The van der Waals surface area contributed by atoms with Crippen LogP contribution in [-0.2, 0) is 12.8 Å². The number of hydrogen-bond acceptors (Lipinski definition) is 2. The maximum atomic E-state index is 6.01. The highest BCUT2D eigenvalue weighted by atomic mass is 35.5. The van der Waals surface area contributed by atoms with Crippen LogP contribution in [0.15, 0.2) is 46.2 Å². The van der Waals surface area contributed by atoms with E-state index >= 15 is 0 Å². The number of aryl methyl sites for hydroxylation is 2. The highest BCUT2D eigenvalue weighted by Crippen LogP contribution is 2.36. The first-order valence-corrected chi connectivity index (χ1v) is 7.26. The van der Waals surface area contributed by atoms with E-state index in [1.54, 1.807) is 11.8 Å². The van der Waals surface area contributed by atoms with Gasteiger partial charge in [-0.3, -0.25) is 0 Å². The van der Waals surface area contributed by atoms with Crippen LogP contribution >= 0.6 is 23.4 Å². The molecule has 0 amide bonds. The lowest BCUT2D eigenvalue weighted by atomic mass is 10.1. The molecule has 0 bridgehead atoms. The maximum Gasteiger partial charge on any atom is 0.0456 e. The van der Waals surface area contributed by atoms with Gasteiger partial charge in [0.05, 0.1) is 0 Å². The predicted octanol–water partition coefficient (Wildman–Crippen LogP) is 4.56. The molecule has 1 nitrogen and oxygen atoms in total. The predicted molar refractivity (Wildman–Crippen MR) is 78.5 cm³/mol. The van der Waals surface area contributed by atoms with Crippen LogP contribution < -0.4 is 5.73 Å². The Labute approximate surface area is 116 Å². The van der Waals surface area contributed by atoms with Crippen molar-refractivity contribution in [3.63, 3.8) is 0 Å². The summed E-state index contributed by atoms with van der Waals surface area (Å²) in [6, 6.07) is 12.3. The quantitative estimate of drug-likeness (QED) is 0.813. The van der Waals surface area contributed by atoms with Crippen molar-refractivity contribution >= 4 is 29.1 Å². The Morgan fingerprint density at radius 1 is 1.00 bits per heavy atom. The third kappa shape index (κ3) is 2.36. The number of nitrogen functional groups attached to an aromatic ring is 1. The number of nitrogens with two attached hydrogens (primary N) is 1. The zero-order valence-electron chi connectivity index (χ0n) is 9.95. The van der Waals surface area contributed by atoms with Crippen molar-refractivity contribution < 1.29 is 0 Å². The van der Waals surface area contributed by atoms with Gasteiger partial charge in [0.1, 0.15) is 0 Å². The van der Waals surface area contributed by atoms with Crippen LogP contribution in [0.25, 0.3) is 0 Å². The van der Waals surface area contributed by atoms with E-state index in [0.29, 0.717) is 0 Å². The molecule has 2 aromatic rings. The summed E-state index contributed by atoms with van der Waals surface area (Å²) in [5, 5.41) is 0.730. The summed E-state index contributed by atoms with van der Waals surface area (Å²) in [7, 11) is 0. The fourth-order valence-electron chi connectivity index (χ4n) is 2.34. The molecule has 0 unspecified atom stereocenters. The molecule has 0 atom stereocenters. The summed E-state index contributed by atoms with van der Waals surface area (Å²) >= 11 is 7.69. The lowest BCUT2D eigenvalue weighted by Gasteiger charge is -2.07. The van der Waals surface area contributed by atoms with Crippen LogP contribution in [0.4, 0.5) is 5.69 Å². The Balaban J connectivity index is 1.90. The molecule has 0 radical (unpaired) electrons. The Bertz CT molecular complexity index is 595. The van der Waals surface area contributed by atoms with Crippen LogP contribution in [0.2, 0.25) is 5.02 Å². The summed E-state index contributed by atoms with van der Waals surface area (Å²) in [6.45, 7) is 0. The van der Waals surface area contributed by atoms with Gasteiger partial charge in [-0.05, 0) is 60.7 Å². The molecule has 0 fully saturated rings. The van der Waals surface area contributed by atoms with Crippen molar-refractivity contribution in [2.24, 2.45) is 0 Å². The summed E-state index contributed by atoms with van der Waals surface area (Å²) in [4.78, 5) is 2.27. The van der Waals surface area contributed by atoms with Gasteiger partial charge >= 0.3 is 0 Å². The van der Waals surface area contributed by atoms with Crippen LogP contribution in [0.3, 0.4) is 0 Å². The third-order valence-electron chi connectivity index (χ3n) is 3.27. The summed E-state index contributed by atoms with van der Waals surface area (Å²) < 4.78 is 0. The van der Waals surface area contributed by atoms with Crippen LogP contribution in [0.5, 0.6) is 0 Å². The first-order chi connectivity index (χ1) is 8.72. The Morgan fingerprint density at radius 2 is 1.83 bits per heavy atom. The summed E-state index contributed by atoms with van der Waals surface area (Å²) in [6.07, 6.45) is 3.71.